The Morgan fingerprint density at radius 3 is 2.21 bits per heavy atom. The van der Waals surface area contributed by atoms with Gasteiger partial charge in [-0.25, -0.2) is 0 Å². The van der Waals surface area contributed by atoms with Crippen molar-refractivity contribution in [2.45, 2.75) is 0 Å². The van der Waals surface area contributed by atoms with Crippen LogP contribution in [0, 0.1) is 0 Å². The molecule has 19 heavy (non-hydrogen) atoms. The lowest BCUT2D eigenvalue weighted by atomic mass is 10.3. The maximum Gasteiger partial charge on any atom is 0.281 e. The maximum absolute atomic E-state index is 11.7. The van der Waals surface area contributed by atoms with Gasteiger partial charge in [0.1, 0.15) is 0 Å². The van der Waals surface area contributed by atoms with Crippen LogP contribution in [0.15, 0.2) is 24.3 Å². The highest BCUT2D eigenvalue weighted by Crippen LogP contribution is 2.13. The smallest absolute Gasteiger partial charge is 0.281 e. The van der Waals surface area contributed by atoms with Gasteiger partial charge in [0.2, 0.25) is 5.91 Å². The quantitative estimate of drug-likeness (QED) is 0.883. The van der Waals surface area contributed by atoms with Gasteiger partial charge in [-0.2, -0.15) is 17.0 Å². The van der Waals surface area contributed by atoms with Crippen molar-refractivity contribution in [2.24, 2.45) is 0 Å². The zero-order chi connectivity index (χ0) is 14.6. The van der Waals surface area contributed by atoms with Gasteiger partial charge in [0.15, 0.2) is 0 Å². The van der Waals surface area contributed by atoms with E-state index in [1.807, 2.05) is 0 Å². The first kappa shape index (κ1) is 15.9. The van der Waals surface area contributed by atoms with Crippen LogP contribution in [0.4, 0.5) is 5.69 Å². The zero-order valence-electron chi connectivity index (χ0n) is 10.9. The molecule has 0 heterocycles. The van der Waals surface area contributed by atoms with Gasteiger partial charge in [-0.1, -0.05) is 11.6 Å². The van der Waals surface area contributed by atoms with E-state index in [-0.39, 0.29) is 6.54 Å². The molecule has 0 spiro atoms. The van der Waals surface area contributed by atoms with Crippen molar-refractivity contribution >= 4 is 33.4 Å². The fourth-order valence-corrected chi connectivity index (χ4v) is 2.26. The number of hydrogen-bond acceptors (Lipinski definition) is 3. The van der Waals surface area contributed by atoms with Gasteiger partial charge in [-0.15, -0.1) is 0 Å². The Balaban J connectivity index is 2.64. The van der Waals surface area contributed by atoms with E-state index in [0.29, 0.717) is 10.7 Å². The van der Waals surface area contributed by atoms with Gasteiger partial charge in [0, 0.05) is 31.9 Å². The van der Waals surface area contributed by atoms with Crippen molar-refractivity contribution in [1.82, 2.24) is 8.61 Å². The summed E-state index contributed by atoms with van der Waals surface area (Å²) in [5.41, 5.74) is 0.560. The minimum Gasteiger partial charge on any atom is -0.325 e. The zero-order valence-corrected chi connectivity index (χ0v) is 12.5. The van der Waals surface area contributed by atoms with Gasteiger partial charge in [0.05, 0.1) is 6.54 Å². The summed E-state index contributed by atoms with van der Waals surface area (Å²) in [5, 5.41) is 3.15. The number of halogens is 1. The van der Waals surface area contributed by atoms with Crippen LogP contribution in [-0.4, -0.2) is 50.6 Å². The number of anilines is 1. The third-order valence-electron chi connectivity index (χ3n) is 2.35. The summed E-state index contributed by atoms with van der Waals surface area (Å²) in [7, 11) is 0.569. The van der Waals surface area contributed by atoms with Crippen LogP contribution in [-0.2, 0) is 15.0 Å². The van der Waals surface area contributed by atoms with Crippen molar-refractivity contribution in [3.05, 3.63) is 29.3 Å². The molecule has 106 valence electrons. The second-order valence-electron chi connectivity index (χ2n) is 4.10. The van der Waals surface area contributed by atoms with Crippen LogP contribution in [0.25, 0.3) is 0 Å². The summed E-state index contributed by atoms with van der Waals surface area (Å²) < 4.78 is 25.4. The Bertz CT molecular complexity index is 543. The molecule has 0 saturated heterocycles. The molecule has 0 unspecified atom stereocenters. The van der Waals surface area contributed by atoms with E-state index in [9.17, 15) is 13.2 Å². The van der Waals surface area contributed by atoms with E-state index in [4.69, 9.17) is 11.6 Å². The predicted molar refractivity (Wildman–Crippen MR) is 75.3 cm³/mol. The molecule has 1 amide bonds. The van der Waals surface area contributed by atoms with Crippen molar-refractivity contribution in [2.75, 3.05) is 33.0 Å². The third kappa shape index (κ3) is 4.46. The van der Waals surface area contributed by atoms with E-state index in [1.165, 1.54) is 21.1 Å². The predicted octanol–water partition coefficient (Wildman–Crippen LogP) is 1.02. The first-order valence-corrected chi connectivity index (χ1v) is 7.20. The number of carbonyl (C=O) groups is 1. The summed E-state index contributed by atoms with van der Waals surface area (Å²) in [6, 6.07) is 6.55. The molecule has 0 saturated carbocycles. The highest BCUT2D eigenvalue weighted by Gasteiger charge is 2.22. The lowest BCUT2D eigenvalue weighted by Crippen LogP contribution is -2.41. The molecular formula is C11H16ClN3O3S. The highest BCUT2D eigenvalue weighted by atomic mass is 35.5. The topological polar surface area (TPSA) is 69.7 Å². The first-order chi connectivity index (χ1) is 8.73. The van der Waals surface area contributed by atoms with Gasteiger partial charge >= 0.3 is 0 Å². The average Bonchev–Trinajstić information content (AvgIpc) is 2.31. The van der Waals surface area contributed by atoms with E-state index in [2.05, 4.69) is 5.32 Å². The number of likely N-dealkylation sites (N-methyl/N-ethyl adjacent to an activating group) is 1. The Kier molecular flexibility index (Phi) is 5.30. The lowest BCUT2D eigenvalue weighted by molar-refractivity contribution is -0.116. The molecule has 1 aromatic carbocycles. The van der Waals surface area contributed by atoms with E-state index >= 15 is 0 Å². The first-order valence-electron chi connectivity index (χ1n) is 5.42. The van der Waals surface area contributed by atoms with Crippen LogP contribution >= 0.6 is 11.6 Å². The third-order valence-corrected chi connectivity index (χ3v) is 4.44. The summed E-state index contributed by atoms with van der Waals surface area (Å²) in [4.78, 5) is 11.7. The van der Waals surface area contributed by atoms with Gasteiger partial charge in [-0.3, -0.25) is 4.79 Å². The second-order valence-corrected chi connectivity index (χ2v) is 6.79. The normalized spacial score (nSPS) is 11.9. The van der Waals surface area contributed by atoms with E-state index in [0.717, 1.165) is 8.61 Å². The average molecular weight is 306 g/mol. The summed E-state index contributed by atoms with van der Waals surface area (Å²) in [6.07, 6.45) is 0. The van der Waals surface area contributed by atoms with Gasteiger partial charge < -0.3 is 5.32 Å². The van der Waals surface area contributed by atoms with Crippen LogP contribution < -0.4 is 5.32 Å². The Hall–Kier alpha value is -1.15. The summed E-state index contributed by atoms with van der Waals surface area (Å²) in [5.74, 6) is -0.421. The van der Waals surface area contributed by atoms with Crippen molar-refractivity contribution in [1.29, 1.82) is 0 Å². The molecule has 0 bridgehead atoms. The molecular weight excluding hydrogens is 290 g/mol. The van der Waals surface area contributed by atoms with Gasteiger partial charge in [0.25, 0.3) is 10.2 Å². The van der Waals surface area contributed by atoms with Crippen LogP contribution in [0.3, 0.4) is 0 Å². The molecule has 8 heteroatoms. The van der Waals surface area contributed by atoms with Crippen LogP contribution in [0.5, 0.6) is 0 Å². The minimum atomic E-state index is -3.59. The number of hydrogen-bond donors (Lipinski definition) is 1. The van der Waals surface area contributed by atoms with Crippen molar-refractivity contribution in [3.8, 4) is 0 Å². The summed E-state index contributed by atoms with van der Waals surface area (Å²) >= 11 is 5.72. The summed E-state index contributed by atoms with van der Waals surface area (Å²) in [6.45, 7) is -0.261. The number of nitrogens with zero attached hydrogens (tertiary/aromatic N) is 2. The standard InChI is InChI=1S/C11H16ClN3O3S/c1-14(2)19(17,18)15(3)8-11(16)13-10-6-4-9(12)5-7-10/h4-7H,8H2,1-3H3,(H,13,16). The number of carbonyl (C=O) groups excluding carboxylic acids is 1. The van der Waals surface area contributed by atoms with Crippen molar-refractivity contribution < 1.29 is 13.2 Å². The van der Waals surface area contributed by atoms with Crippen LogP contribution in [0.2, 0.25) is 5.02 Å². The lowest BCUT2D eigenvalue weighted by Gasteiger charge is -2.20. The number of benzene rings is 1. The minimum absolute atomic E-state index is 0.261. The molecule has 1 N–H and O–H groups in total. The molecule has 1 rings (SSSR count). The molecule has 0 aliphatic rings. The Morgan fingerprint density at radius 1 is 1.21 bits per heavy atom. The molecule has 0 fully saturated rings. The van der Waals surface area contributed by atoms with E-state index < -0.39 is 16.1 Å². The molecule has 1 aromatic rings. The number of nitrogens with one attached hydrogen (secondary N) is 1. The number of amides is 1. The second kappa shape index (κ2) is 6.33. The van der Waals surface area contributed by atoms with E-state index in [1.54, 1.807) is 24.3 Å². The Labute approximate surface area is 118 Å². The molecule has 0 atom stereocenters. The SMILES string of the molecule is CN(C)S(=O)(=O)N(C)CC(=O)Nc1ccc(Cl)cc1. The molecule has 0 aliphatic heterocycles. The largest absolute Gasteiger partial charge is 0.325 e. The highest BCUT2D eigenvalue weighted by molar-refractivity contribution is 7.86. The monoisotopic (exact) mass is 305 g/mol. The van der Waals surface area contributed by atoms with Crippen LogP contribution in [0.1, 0.15) is 0 Å². The van der Waals surface area contributed by atoms with Crippen molar-refractivity contribution in [3.63, 3.8) is 0 Å². The fourth-order valence-electron chi connectivity index (χ4n) is 1.30. The number of rotatable bonds is 5. The van der Waals surface area contributed by atoms with Gasteiger partial charge in [-0.05, 0) is 24.3 Å². The fraction of sp³-hybridized carbons (Fsp3) is 0.364. The maximum atomic E-state index is 11.7. The molecule has 0 radical (unpaired) electrons. The molecule has 0 aromatic heterocycles. The molecule has 6 nitrogen and oxygen atoms in total. The molecule has 0 aliphatic carbocycles. The Morgan fingerprint density at radius 2 is 1.74 bits per heavy atom.